The summed E-state index contributed by atoms with van der Waals surface area (Å²) in [6.45, 7) is 3.75. The van der Waals surface area contributed by atoms with E-state index in [-0.39, 0.29) is 11.8 Å². The Kier molecular flexibility index (Phi) is 4.05. The lowest BCUT2D eigenvalue weighted by atomic mass is 9.52. The van der Waals surface area contributed by atoms with E-state index in [1.807, 2.05) is 6.07 Å². The molecule has 4 nitrogen and oxygen atoms in total. The van der Waals surface area contributed by atoms with E-state index >= 15 is 0 Å². The van der Waals surface area contributed by atoms with Gasteiger partial charge in [-0.1, -0.05) is 23.2 Å². The number of halogens is 2. The van der Waals surface area contributed by atoms with E-state index in [4.69, 9.17) is 23.2 Å². The molecule has 4 aliphatic rings. The molecule has 2 aliphatic heterocycles. The quantitative estimate of drug-likeness (QED) is 0.718. The summed E-state index contributed by atoms with van der Waals surface area (Å²) in [5.74, 6) is 0.753. The third-order valence-corrected chi connectivity index (χ3v) is 8.07. The van der Waals surface area contributed by atoms with Gasteiger partial charge in [0.15, 0.2) is 5.75 Å². The highest BCUT2D eigenvalue weighted by Crippen LogP contribution is 2.59. The maximum atomic E-state index is 12.1. The summed E-state index contributed by atoms with van der Waals surface area (Å²) in [7, 11) is 0. The Morgan fingerprint density at radius 2 is 1.96 bits per heavy atom. The number of nitrogens with one attached hydrogen (secondary N) is 1. The zero-order valence-electron chi connectivity index (χ0n) is 14.9. The predicted octanol–water partition coefficient (Wildman–Crippen LogP) is 3.09. The Bertz CT molecular complexity index is 754. The topological polar surface area (TPSA) is 55.7 Å². The Morgan fingerprint density at radius 3 is 2.73 bits per heavy atom. The second kappa shape index (κ2) is 5.99. The van der Waals surface area contributed by atoms with E-state index in [2.05, 4.69) is 10.2 Å². The second-order valence-corrected chi connectivity index (χ2v) is 9.50. The molecule has 1 saturated carbocycles. The molecule has 3 fully saturated rings. The van der Waals surface area contributed by atoms with Crippen LogP contribution in [-0.4, -0.2) is 52.9 Å². The first-order chi connectivity index (χ1) is 12.5. The number of phenols is 1. The summed E-state index contributed by atoms with van der Waals surface area (Å²) in [6.07, 6.45) is 5.82. The van der Waals surface area contributed by atoms with Crippen LogP contribution in [0.1, 0.15) is 43.2 Å². The minimum atomic E-state index is -0.819. The third kappa shape index (κ3) is 2.32. The monoisotopic (exact) mass is 396 g/mol. The standard InChI is InChI=1S/C20H26Cl2N2O2/c21-14-9-13-10-15-20(26)4-7-23-6-3-19(20,16(13)17(22)18(14)25)5-8-24(15)11-12-1-2-12/h9,12,15,23,25-26H,1-8,10-11H2. The van der Waals surface area contributed by atoms with Crippen LogP contribution in [0.3, 0.4) is 0 Å². The van der Waals surface area contributed by atoms with Crippen LogP contribution in [0.4, 0.5) is 0 Å². The van der Waals surface area contributed by atoms with Crippen LogP contribution in [0.15, 0.2) is 6.07 Å². The molecular formula is C20H26Cl2N2O2. The predicted molar refractivity (Wildman–Crippen MR) is 103 cm³/mol. The molecular weight excluding hydrogens is 371 g/mol. The zero-order chi connectivity index (χ0) is 18.1. The van der Waals surface area contributed by atoms with Gasteiger partial charge in [-0.2, -0.15) is 0 Å². The molecule has 1 aromatic carbocycles. The molecule has 3 atom stereocenters. The number of aromatic hydroxyl groups is 1. The van der Waals surface area contributed by atoms with Gasteiger partial charge in [-0.15, -0.1) is 0 Å². The van der Waals surface area contributed by atoms with Crippen molar-refractivity contribution in [2.45, 2.75) is 55.6 Å². The van der Waals surface area contributed by atoms with Crippen LogP contribution in [0.25, 0.3) is 0 Å². The lowest BCUT2D eigenvalue weighted by Crippen LogP contribution is -2.71. The van der Waals surface area contributed by atoms with Crippen LogP contribution in [0.2, 0.25) is 10.0 Å². The highest BCUT2D eigenvalue weighted by molar-refractivity contribution is 6.37. The van der Waals surface area contributed by atoms with Crippen molar-refractivity contribution in [1.29, 1.82) is 0 Å². The lowest BCUT2D eigenvalue weighted by molar-refractivity contribution is -0.148. The first-order valence-electron chi connectivity index (χ1n) is 9.84. The second-order valence-electron chi connectivity index (χ2n) is 8.72. The normalized spacial score (nSPS) is 37.0. The van der Waals surface area contributed by atoms with Crippen molar-refractivity contribution in [1.82, 2.24) is 10.2 Å². The largest absolute Gasteiger partial charge is 0.505 e. The van der Waals surface area contributed by atoms with Gasteiger partial charge in [0.25, 0.3) is 0 Å². The Hall–Kier alpha value is -0.520. The lowest BCUT2D eigenvalue weighted by Gasteiger charge is -2.61. The summed E-state index contributed by atoms with van der Waals surface area (Å²) < 4.78 is 0. The Labute approximate surface area is 164 Å². The van der Waals surface area contributed by atoms with Crippen molar-refractivity contribution in [2.75, 3.05) is 26.2 Å². The first kappa shape index (κ1) is 17.6. The average molecular weight is 397 g/mol. The van der Waals surface area contributed by atoms with Gasteiger partial charge in [-0.3, -0.25) is 4.90 Å². The molecule has 0 spiro atoms. The Morgan fingerprint density at radius 1 is 1.19 bits per heavy atom. The van der Waals surface area contributed by atoms with E-state index < -0.39 is 11.0 Å². The molecule has 0 aromatic heterocycles. The molecule has 6 heteroatoms. The fourth-order valence-electron chi connectivity index (χ4n) is 5.94. The number of hydrogen-bond acceptors (Lipinski definition) is 4. The molecule has 2 aliphatic carbocycles. The molecule has 1 aromatic rings. The van der Waals surface area contributed by atoms with Gasteiger partial charge in [-0.05, 0) is 81.3 Å². The van der Waals surface area contributed by atoms with E-state index in [9.17, 15) is 10.2 Å². The van der Waals surface area contributed by atoms with Crippen LogP contribution >= 0.6 is 23.2 Å². The number of nitrogens with zero attached hydrogens (tertiary/aromatic N) is 1. The van der Waals surface area contributed by atoms with E-state index in [1.165, 1.54) is 12.8 Å². The summed E-state index contributed by atoms with van der Waals surface area (Å²) >= 11 is 12.9. The maximum Gasteiger partial charge on any atom is 0.153 e. The number of benzene rings is 1. The van der Waals surface area contributed by atoms with E-state index in [1.54, 1.807) is 0 Å². The van der Waals surface area contributed by atoms with Crippen molar-refractivity contribution >= 4 is 23.2 Å². The number of phenolic OH excluding ortho intramolecular Hbond substituents is 1. The summed E-state index contributed by atoms with van der Waals surface area (Å²) in [4.78, 5) is 2.53. The highest BCUT2D eigenvalue weighted by Gasteiger charge is 2.63. The molecule has 142 valence electrons. The molecule has 3 N–H and O–H groups in total. The number of piperidine rings is 1. The number of fused-ring (bicyclic) bond motifs is 1. The van der Waals surface area contributed by atoms with Crippen LogP contribution < -0.4 is 5.32 Å². The van der Waals surface area contributed by atoms with Gasteiger partial charge in [0.2, 0.25) is 0 Å². The molecule has 2 saturated heterocycles. The van der Waals surface area contributed by atoms with Gasteiger partial charge < -0.3 is 15.5 Å². The van der Waals surface area contributed by atoms with Crippen LogP contribution in [0.5, 0.6) is 5.75 Å². The third-order valence-electron chi connectivity index (χ3n) is 7.42. The molecule has 3 unspecified atom stereocenters. The van der Waals surface area contributed by atoms with E-state index in [0.717, 1.165) is 68.9 Å². The average Bonchev–Trinajstić information content (AvgIpc) is 3.42. The molecule has 0 radical (unpaired) electrons. The van der Waals surface area contributed by atoms with Gasteiger partial charge >= 0.3 is 0 Å². The molecule has 2 heterocycles. The zero-order valence-corrected chi connectivity index (χ0v) is 16.4. The highest BCUT2D eigenvalue weighted by atomic mass is 35.5. The maximum absolute atomic E-state index is 12.1. The Balaban J connectivity index is 1.70. The molecule has 26 heavy (non-hydrogen) atoms. The smallest absolute Gasteiger partial charge is 0.153 e. The van der Waals surface area contributed by atoms with Gasteiger partial charge in [0, 0.05) is 18.0 Å². The molecule has 2 bridgehead atoms. The van der Waals surface area contributed by atoms with Crippen molar-refractivity contribution in [3.8, 4) is 5.75 Å². The number of hydrogen-bond donors (Lipinski definition) is 3. The van der Waals surface area contributed by atoms with Gasteiger partial charge in [0.1, 0.15) is 0 Å². The van der Waals surface area contributed by atoms with Gasteiger partial charge in [-0.25, -0.2) is 0 Å². The minimum absolute atomic E-state index is 0.0418. The summed E-state index contributed by atoms with van der Waals surface area (Å²) in [5.41, 5.74) is 0.832. The number of aliphatic hydroxyl groups is 1. The van der Waals surface area contributed by atoms with Gasteiger partial charge in [0.05, 0.1) is 15.6 Å². The first-order valence-corrected chi connectivity index (χ1v) is 10.6. The van der Waals surface area contributed by atoms with E-state index in [0.29, 0.717) is 10.0 Å². The van der Waals surface area contributed by atoms with Crippen molar-refractivity contribution < 1.29 is 10.2 Å². The van der Waals surface area contributed by atoms with Crippen molar-refractivity contribution in [3.05, 3.63) is 27.2 Å². The summed E-state index contributed by atoms with van der Waals surface area (Å²) in [5, 5.41) is 26.7. The fraction of sp³-hybridized carbons (Fsp3) is 0.700. The fourth-order valence-corrected chi connectivity index (χ4v) is 6.62. The molecule has 0 amide bonds. The number of rotatable bonds is 2. The minimum Gasteiger partial charge on any atom is -0.505 e. The van der Waals surface area contributed by atoms with Crippen molar-refractivity contribution in [2.24, 2.45) is 5.92 Å². The molecule has 5 rings (SSSR count). The SMILES string of the molecule is Oc1c(Cl)cc2c(c1Cl)C13CCNCCC1(O)C(C2)N(CC1CC1)CC3. The van der Waals surface area contributed by atoms with Crippen molar-refractivity contribution in [3.63, 3.8) is 0 Å². The van der Waals surface area contributed by atoms with Crippen LogP contribution in [0, 0.1) is 5.92 Å². The number of likely N-dealkylation sites (tertiary alicyclic amines) is 1. The summed E-state index contributed by atoms with van der Waals surface area (Å²) in [6, 6.07) is 1.98. The van der Waals surface area contributed by atoms with Crippen LogP contribution in [-0.2, 0) is 11.8 Å².